The highest BCUT2D eigenvalue weighted by atomic mass is 35.5. The summed E-state index contributed by atoms with van der Waals surface area (Å²) in [6.45, 7) is 8.27. The van der Waals surface area contributed by atoms with Crippen molar-refractivity contribution in [3.8, 4) is 5.75 Å². The van der Waals surface area contributed by atoms with E-state index in [1.807, 2.05) is 37.3 Å². The Labute approximate surface area is 135 Å². The number of anilines is 1. The third-order valence-corrected chi connectivity index (χ3v) is 4.06. The van der Waals surface area contributed by atoms with Crippen LogP contribution in [-0.4, -0.2) is 16.9 Å². The fraction of sp³-hybridized carbons (Fsp3) is 0.353. The van der Waals surface area contributed by atoms with Gasteiger partial charge in [-0.3, -0.25) is 0 Å². The molecule has 1 aromatic carbocycles. The van der Waals surface area contributed by atoms with Crippen LogP contribution in [0.1, 0.15) is 31.9 Å². The van der Waals surface area contributed by atoms with Gasteiger partial charge in [-0.15, -0.1) is 0 Å². The Morgan fingerprint density at radius 2 is 2.00 bits per heavy atom. The van der Waals surface area contributed by atoms with Crippen LogP contribution in [-0.2, 0) is 5.41 Å². The number of hydrogen-bond acceptors (Lipinski definition) is 4. The van der Waals surface area contributed by atoms with Crippen molar-refractivity contribution >= 4 is 23.0 Å². The van der Waals surface area contributed by atoms with Crippen molar-refractivity contribution < 1.29 is 5.11 Å². The molecule has 0 radical (unpaired) electrons. The van der Waals surface area contributed by atoms with E-state index in [1.54, 1.807) is 5.12 Å². The zero-order chi connectivity index (χ0) is 16.1. The second-order valence-corrected chi connectivity index (χ2v) is 7.19. The molecular formula is C17H20ClN3O. The standard InChI is InChI=1S/C17H20ClN3O/c1-10-7-12(17(2,3)4)16(22)15(8-10)21-19-13-6-5-11(18)9-14(13)20-21/h5-9,14,20,22H,1-4H3. The molecule has 1 atom stereocenters. The van der Waals surface area contributed by atoms with Gasteiger partial charge in [0.1, 0.15) is 11.4 Å². The molecule has 1 aliphatic heterocycles. The molecule has 0 fully saturated rings. The summed E-state index contributed by atoms with van der Waals surface area (Å²) in [7, 11) is 0. The number of fused-ring (bicyclic) bond motifs is 1. The number of hydrazine groups is 1. The lowest BCUT2D eigenvalue weighted by Gasteiger charge is -2.25. The largest absolute Gasteiger partial charge is 0.505 e. The van der Waals surface area contributed by atoms with Gasteiger partial charge in [-0.05, 0) is 42.2 Å². The van der Waals surface area contributed by atoms with Gasteiger partial charge in [-0.2, -0.15) is 15.6 Å². The molecule has 1 aliphatic carbocycles. The van der Waals surface area contributed by atoms with Crippen molar-refractivity contribution in [2.24, 2.45) is 5.10 Å². The molecule has 22 heavy (non-hydrogen) atoms. The summed E-state index contributed by atoms with van der Waals surface area (Å²) in [6, 6.07) is 3.88. The number of allylic oxidation sites excluding steroid dienone is 2. The molecule has 2 aliphatic rings. The van der Waals surface area contributed by atoms with Gasteiger partial charge in [0.15, 0.2) is 0 Å². The number of phenols is 1. The smallest absolute Gasteiger partial charge is 0.146 e. The molecule has 0 amide bonds. The van der Waals surface area contributed by atoms with Crippen LogP contribution in [0.2, 0.25) is 0 Å². The average Bonchev–Trinajstić information content (AvgIpc) is 2.82. The number of nitrogens with one attached hydrogen (secondary N) is 1. The van der Waals surface area contributed by atoms with E-state index in [0.717, 1.165) is 16.8 Å². The number of benzene rings is 1. The molecule has 4 nitrogen and oxygen atoms in total. The molecule has 2 N–H and O–H groups in total. The van der Waals surface area contributed by atoms with Gasteiger partial charge in [0.2, 0.25) is 0 Å². The Kier molecular flexibility index (Phi) is 3.54. The Morgan fingerprint density at radius 3 is 2.68 bits per heavy atom. The summed E-state index contributed by atoms with van der Waals surface area (Å²) in [5, 5.41) is 17.5. The third-order valence-electron chi connectivity index (χ3n) is 3.81. The maximum absolute atomic E-state index is 10.7. The molecule has 0 spiro atoms. The monoisotopic (exact) mass is 317 g/mol. The molecule has 0 bridgehead atoms. The van der Waals surface area contributed by atoms with E-state index in [9.17, 15) is 5.11 Å². The van der Waals surface area contributed by atoms with Gasteiger partial charge in [0.05, 0.1) is 11.8 Å². The number of phenolic OH excluding ortho intramolecular Hbond substituents is 1. The van der Waals surface area contributed by atoms with Crippen molar-refractivity contribution in [1.82, 2.24) is 5.43 Å². The Morgan fingerprint density at radius 1 is 1.27 bits per heavy atom. The zero-order valence-electron chi connectivity index (χ0n) is 13.2. The van der Waals surface area contributed by atoms with Crippen LogP contribution in [0.15, 0.2) is 40.5 Å². The minimum Gasteiger partial charge on any atom is -0.505 e. The fourth-order valence-corrected chi connectivity index (χ4v) is 2.85. The van der Waals surface area contributed by atoms with Gasteiger partial charge in [0, 0.05) is 10.6 Å². The van der Waals surface area contributed by atoms with Crippen LogP contribution in [0, 0.1) is 6.92 Å². The van der Waals surface area contributed by atoms with Crippen molar-refractivity contribution in [1.29, 1.82) is 0 Å². The predicted molar refractivity (Wildman–Crippen MR) is 91.5 cm³/mol. The van der Waals surface area contributed by atoms with Crippen molar-refractivity contribution in [3.05, 3.63) is 46.5 Å². The van der Waals surface area contributed by atoms with Crippen LogP contribution in [0.4, 0.5) is 5.69 Å². The number of aromatic hydroxyl groups is 1. The number of aryl methyl sites for hydroxylation is 1. The Balaban J connectivity index is 2.03. The normalized spacial score (nSPS) is 20.8. The Bertz CT molecular complexity index is 713. The van der Waals surface area contributed by atoms with E-state index in [0.29, 0.717) is 10.7 Å². The summed E-state index contributed by atoms with van der Waals surface area (Å²) in [5.41, 5.74) is 6.62. The SMILES string of the molecule is Cc1cc(N2N=C3C=CC(Cl)=CC3N2)c(O)c(C(C)(C)C)c1. The first-order valence-electron chi connectivity index (χ1n) is 7.30. The molecule has 3 rings (SSSR count). The highest BCUT2D eigenvalue weighted by Gasteiger charge is 2.29. The summed E-state index contributed by atoms with van der Waals surface area (Å²) in [6.07, 6.45) is 5.61. The van der Waals surface area contributed by atoms with Gasteiger partial charge < -0.3 is 5.11 Å². The summed E-state index contributed by atoms with van der Waals surface area (Å²) >= 11 is 6.03. The minimum absolute atomic E-state index is 0.0597. The highest BCUT2D eigenvalue weighted by Crippen LogP contribution is 2.39. The molecule has 0 saturated heterocycles. The quantitative estimate of drug-likeness (QED) is 0.829. The highest BCUT2D eigenvalue weighted by molar-refractivity contribution is 6.32. The first-order valence-corrected chi connectivity index (χ1v) is 7.68. The predicted octanol–water partition coefficient (Wildman–Crippen LogP) is 3.74. The average molecular weight is 318 g/mol. The van der Waals surface area contributed by atoms with Gasteiger partial charge in [0.25, 0.3) is 0 Å². The Hall–Kier alpha value is -1.78. The third kappa shape index (κ3) is 2.64. The number of halogens is 1. The lowest BCUT2D eigenvalue weighted by Crippen LogP contribution is -2.37. The maximum atomic E-state index is 10.7. The molecule has 1 unspecified atom stereocenters. The first-order chi connectivity index (χ1) is 10.3. The van der Waals surface area contributed by atoms with Gasteiger partial charge in [-0.25, -0.2) is 0 Å². The van der Waals surface area contributed by atoms with Crippen molar-refractivity contribution in [3.63, 3.8) is 0 Å². The van der Waals surface area contributed by atoms with Gasteiger partial charge in [-0.1, -0.05) is 38.4 Å². The first kappa shape index (κ1) is 15.1. The van der Waals surface area contributed by atoms with E-state index in [4.69, 9.17) is 11.6 Å². The maximum Gasteiger partial charge on any atom is 0.146 e. The van der Waals surface area contributed by atoms with E-state index in [-0.39, 0.29) is 17.2 Å². The van der Waals surface area contributed by atoms with Crippen molar-refractivity contribution in [2.75, 3.05) is 5.12 Å². The summed E-state index contributed by atoms with van der Waals surface area (Å²) < 4.78 is 0. The van der Waals surface area contributed by atoms with E-state index >= 15 is 0 Å². The lowest BCUT2D eigenvalue weighted by molar-refractivity contribution is 0.444. The van der Waals surface area contributed by atoms with E-state index < -0.39 is 0 Å². The lowest BCUT2D eigenvalue weighted by atomic mass is 9.85. The van der Waals surface area contributed by atoms with E-state index in [2.05, 4.69) is 31.3 Å². The molecule has 0 aromatic heterocycles. The van der Waals surface area contributed by atoms with Crippen LogP contribution in [0.3, 0.4) is 0 Å². The van der Waals surface area contributed by atoms with Crippen LogP contribution < -0.4 is 10.5 Å². The second kappa shape index (κ2) is 5.14. The number of hydrazone groups is 1. The molecule has 0 saturated carbocycles. The molecular weight excluding hydrogens is 298 g/mol. The van der Waals surface area contributed by atoms with Gasteiger partial charge >= 0.3 is 0 Å². The summed E-state index contributed by atoms with van der Waals surface area (Å²) in [5.74, 6) is 0.257. The van der Waals surface area contributed by atoms with E-state index in [1.165, 1.54) is 0 Å². The number of hydrogen-bond donors (Lipinski definition) is 2. The molecule has 5 heteroatoms. The van der Waals surface area contributed by atoms with Crippen LogP contribution in [0.25, 0.3) is 0 Å². The van der Waals surface area contributed by atoms with Crippen LogP contribution >= 0.6 is 11.6 Å². The number of rotatable bonds is 1. The zero-order valence-corrected chi connectivity index (χ0v) is 13.9. The van der Waals surface area contributed by atoms with Crippen LogP contribution in [0.5, 0.6) is 5.75 Å². The molecule has 116 valence electrons. The minimum atomic E-state index is -0.145. The summed E-state index contributed by atoms with van der Waals surface area (Å²) in [4.78, 5) is 0. The topological polar surface area (TPSA) is 47.9 Å². The fourth-order valence-electron chi connectivity index (χ4n) is 2.66. The second-order valence-electron chi connectivity index (χ2n) is 6.76. The molecule has 1 aromatic rings. The van der Waals surface area contributed by atoms with Crippen molar-refractivity contribution in [2.45, 2.75) is 39.2 Å². The molecule has 1 heterocycles. The number of nitrogens with zero attached hydrogens (tertiary/aromatic N) is 2.